The summed E-state index contributed by atoms with van der Waals surface area (Å²) in [6.07, 6.45) is -1.39. The minimum absolute atomic E-state index is 0.0376. The van der Waals surface area contributed by atoms with Crippen molar-refractivity contribution >= 4 is 11.7 Å². The van der Waals surface area contributed by atoms with E-state index >= 15 is 0 Å². The van der Waals surface area contributed by atoms with Crippen LogP contribution in [0.5, 0.6) is 0 Å². The molecule has 1 aromatic heterocycles. The first-order valence-electron chi connectivity index (χ1n) is 7.38. The minimum atomic E-state index is -4.40. The van der Waals surface area contributed by atoms with E-state index in [4.69, 9.17) is 0 Å². The molecule has 2 heterocycles. The van der Waals surface area contributed by atoms with E-state index < -0.39 is 11.7 Å². The fourth-order valence-corrected chi connectivity index (χ4v) is 2.50. The van der Waals surface area contributed by atoms with Gasteiger partial charge in [-0.25, -0.2) is 9.97 Å². The Bertz CT molecular complexity index is 715. The van der Waals surface area contributed by atoms with Gasteiger partial charge in [-0.1, -0.05) is 18.2 Å². The Morgan fingerprint density at radius 2 is 2.08 bits per heavy atom. The van der Waals surface area contributed by atoms with Gasteiger partial charge in [0.15, 0.2) is 0 Å². The molecule has 2 aromatic rings. The fraction of sp³-hybridized carbons (Fsp3) is 0.312. The molecule has 0 bridgehead atoms. The molecule has 0 saturated carbocycles. The number of aromatic nitrogens is 2. The number of halogens is 3. The van der Waals surface area contributed by atoms with E-state index in [-0.39, 0.29) is 18.4 Å². The Labute approximate surface area is 136 Å². The third kappa shape index (κ3) is 3.81. The van der Waals surface area contributed by atoms with Gasteiger partial charge in [-0.2, -0.15) is 13.2 Å². The quantitative estimate of drug-likeness (QED) is 0.931. The first kappa shape index (κ1) is 16.2. The molecule has 0 atom stereocenters. The molecule has 126 valence electrons. The SMILES string of the molecule is O=C(Cc1cccc(C(F)(F)F)c1)N1CC(Nc2ccncn2)C1. The number of likely N-dealkylation sites (tertiary alicyclic amines) is 1. The minimum Gasteiger partial charge on any atom is -0.364 e. The van der Waals surface area contributed by atoms with Crippen LogP contribution >= 0.6 is 0 Å². The second-order valence-corrected chi connectivity index (χ2v) is 5.61. The van der Waals surface area contributed by atoms with Crippen molar-refractivity contribution < 1.29 is 18.0 Å². The molecule has 1 fully saturated rings. The van der Waals surface area contributed by atoms with Gasteiger partial charge >= 0.3 is 6.18 Å². The summed E-state index contributed by atoms with van der Waals surface area (Å²) in [4.78, 5) is 21.6. The number of hydrogen-bond acceptors (Lipinski definition) is 4. The molecule has 1 aliphatic heterocycles. The lowest BCUT2D eigenvalue weighted by Crippen LogP contribution is -2.57. The molecule has 1 saturated heterocycles. The number of nitrogens with zero attached hydrogens (tertiary/aromatic N) is 3. The summed E-state index contributed by atoms with van der Waals surface area (Å²) in [5.74, 6) is 0.495. The summed E-state index contributed by atoms with van der Waals surface area (Å²) in [5, 5.41) is 3.16. The third-order valence-electron chi connectivity index (χ3n) is 3.78. The van der Waals surface area contributed by atoms with Gasteiger partial charge in [-0.05, 0) is 17.7 Å². The lowest BCUT2D eigenvalue weighted by molar-refractivity contribution is -0.138. The summed E-state index contributed by atoms with van der Waals surface area (Å²) in [6.45, 7) is 1.00. The number of alkyl halides is 3. The monoisotopic (exact) mass is 336 g/mol. The molecule has 1 N–H and O–H groups in total. The summed E-state index contributed by atoms with van der Waals surface area (Å²) in [6, 6.07) is 6.69. The third-order valence-corrected chi connectivity index (χ3v) is 3.78. The number of hydrogen-bond donors (Lipinski definition) is 1. The van der Waals surface area contributed by atoms with Gasteiger partial charge in [0.25, 0.3) is 0 Å². The molecule has 1 amide bonds. The molecule has 0 unspecified atom stereocenters. The standard InChI is InChI=1S/C16H15F3N4O/c17-16(18,19)12-3-1-2-11(6-12)7-15(24)23-8-13(9-23)22-14-4-5-20-10-21-14/h1-6,10,13H,7-9H2,(H,20,21,22). The number of carbonyl (C=O) groups is 1. The van der Waals surface area contributed by atoms with Gasteiger partial charge in [0, 0.05) is 19.3 Å². The van der Waals surface area contributed by atoms with Gasteiger partial charge in [0.1, 0.15) is 12.1 Å². The van der Waals surface area contributed by atoms with Crippen LogP contribution in [-0.4, -0.2) is 39.9 Å². The molecule has 8 heteroatoms. The van der Waals surface area contributed by atoms with E-state index in [0.29, 0.717) is 24.5 Å². The van der Waals surface area contributed by atoms with Gasteiger partial charge in [0.2, 0.25) is 5.91 Å². The highest BCUT2D eigenvalue weighted by Crippen LogP contribution is 2.29. The van der Waals surface area contributed by atoms with Crippen LogP contribution < -0.4 is 5.32 Å². The zero-order valence-electron chi connectivity index (χ0n) is 12.6. The lowest BCUT2D eigenvalue weighted by atomic mass is 10.0. The van der Waals surface area contributed by atoms with Crippen molar-refractivity contribution in [2.24, 2.45) is 0 Å². The van der Waals surface area contributed by atoms with E-state index in [1.165, 1.54) is 18.5 Å². The predicted octanol–water partition coefficient (Wildman–Crippen LogP) is 2.36. The van der Waals surface area contributed by atoms with Crippen LogP contribution in [0, 0.1) is 0 Å². The maximum Gasteiger partial charge on any atom is 0.416 e. The van der Waals surface area contributed by atoms with Gasteiger partial charge in [-0.15, -0.1) is 0 Å². The first-order valence-corrected chi connectivity index (χ1v) is 7.38. The fourth-order valence-electron chi connectivity index (χ4n) is 2.50. The second-order valence-electron chi connectivity index (χ2n) is 5.61. The van der Waals surface area contributed by atoms with Crippen LogP contribution in [0.3, 0.4) is 0 Å². The van der Waals surface area contributed by atoms with Crippen LogP contribution in [0.2, 0.25) is 0 Å². The lowest BCUT2D eigenvalue weighted by Gasteiger charge is -2.39. The van der Waals surface area contributed by atoms with E-state index in [1.807, 2.05) is 0 Å². The normalized spacial score (nSPS) is 15.0. The number of nitrogens with one attached hydrogen (secondary N) is 1. The molecular weight excluding hydrogens is 321 g/mol. The largest absolute Gasteiger partial charge is 0.416 e. The highest BCUT2D eigenvalue weighted by Gasteiger charge is 2.32. The Hall–Kier alpha value is -2.64. The predicted molar refractivity (Wildman–Crippen MR) is 81.2 cm³/mol. The van der Waals surface area contributed by atoms with Crippen LogP contribution in [0.4, 0.5) is 19.0 Å². The van der Waals surface area contributed by atoms with Crippen molar-refractivity contribution in [3.63, 3.8) is 0 Å². The molecule has 24 heavy (non-hydrogen) atoms. The van der Waals surface area contributed by atoms with Crippen molar-refractivity contribution in [1.29, 1.82) is 0 Å². The molecular formula is C16H15F3N4O. The van der Waals surface area contributed by atoms with Crippen LogP contribution in [0.25, 0.3) is 0 Å². The summed E-state index contributed by atoms with van der Waals surface area (Å²) < 4.78 is 38.1. The number of rotatable bonds is 4. The molecule has 0 radical (unpaired) electrons. The highest BCUT2D eigenvalue weighted by molar-refractivity contribution is 5.80. The molecule has 1 aliphatic rings. The maximum atomic E-state index is 12.7. The average molecular weight is 336 g/mol. The number of anilines is 1. The molecule has 1 aromatic carbocycles. The second kappa shape index (κ2) is 6.46. The Kier molecular flexibility index (Phi) is 4.37. The zero-order chi connectivity index (χ0) is 17.2. The van der Waals surface area contributed by atoms with Gasteiger partial charge in [-0.3, -0.25) is 4.79 Å². The summed E-state index contributed by atoms with van der Waals surface area (Å²) in [5.41, 5.74) is -0.373. The summed E-state index contributed by atoms with van der Waals surface area (Å²) in [7, 11) is 0. The smallest absolute Gasteiger partial charge is 0.364 e. The maximum absolute atomic E-state index is 12.7. The topological polar surface area (TPSA) is 58.1 Å². The van der Waals surface area contributed by atoms with Crippen LogP contribution in [0.1, 0.15) is 11.1 Å². The van der Waals surface area contributed by atoms with Crippen molar-refractivity contribution in [3.05, 3.63) is 54.0 Å². The van der Waals surface area contributed by atoms with Crippen molar-refractivity contribution in [2.75, 3.05) is 18.4 Å². The van der Waals surface area contributed by atoms with E-state index in [9.17, 15) is 18.0 Å². The van der Waals surface area contributed by atoms with E-state index in [1.54, 1.807) is 17.2 Å². The highest BCUT2D eigenvalue weighted by atomic mass is 19.4. The van der Waals surface area contributed by atoms with Crippen LogP contribution in [0.15, 0.2) is 42.9 Å². The molecule has 5 nitrogen and oxygen atoms in total. The molecule has 0 spiro atoms. The number of benzene rings is 1. The van der Waals surface area contributed by atoms with Crippen molar-refractivity contribution in [2.45, 2.75) is 18.6 Å². The van der Waals surface area contributed by atoms with Crippen molar-refractivity contribution in [3.8, 4) is 0 Å². The zero-order valence-corrected chi connectivity index (χ0v) is 12.6. The average Bonchev–Trinajstić information content (AvgIpc) is 2.51. The summed E-state index contributed by atoms with van der Waals surface area (Å²) >= 11 is 0. The Morgan fingerprint density at radius 1 is 1.29 bits per heavy atom. The molecule has 3 rings (SSSR count). The molecule has 0 aliphatic carbocycles. The Morgan fingerprint density at radius 3 is 2.75 bits per heavy atom. The van der Waals surface area contributed by atoms with E-state index in [0.717, 1.165) is 12.1 Å². The van der Waals surface area contributed by atoms with Crippen molar-refractivity contribution in [1.82, 2.24) is 14.9 Å². The first-order chi connectivity index (χ1) is 11.4. The van der Waals surface area contributed by atoms with Gasteiger partial charge in [0.05, 0.1) is 18.0 Å². The number of amides is 1. The van der Waals surface area contributed by atoms with Gasteiger partial charge < -0.3 is 10.2 Å². The number of carbonyl (C=O) groups excluding carboxylic acids is 1. The van der Waals surface area contributed by atoms with Crippen LogP contribution in [-0.2, 0) is 17.4 Å². The Balaban J connectivity index is 1.52. The van der Waals surface area contributed by atoms with E-state index in [2.05, 4.69) is 15.3 Å².